The number of amides is 2. The molecule has 1 heterocycles. The number of esters is 1. The van der Waals surface area contributed by atoms with E-state index >= 15 is 0 Å². The van der Waals surface area contributed by atoms with Gasteiger partial charge in [0.15, 0.2) is 0 Å². The highest BCUT2D eigenvalue weighted by atomic mass is 32.2. The third kappa shape index (κ3) is 7.87. The van der Waals surface area contributed by atoms with Crippen molar-refractivity contribution in [3.05, 3.63) is 118 Å². The molecule has 2 atom stereocenters. The highest BCUT2D eigenvalue weighted by Gasteiger charge is 2.32. The van der Waals surface area contributed by atoms with Gasteiger partial charge in [0.1, 0.15) is 5.00 Å². The Morgan fingerprint density at radius 2 is 1.73 bits per heavy atom. The number of carbonyl (C=O) groups is 3. The maximum atomic E-state index is 13.6. The quantitative estimate of drug-likeness (QED) is 0.0995. The zero-order valence-electron chi connectivity index (χ0n) is 24.9. The molecule has 6 nitrogen and oxygen atoms in total. The molecule has 0 fully saturated rings. The molecule has 0 radical (unpaired) electrons. The van der Waals surface area contributed by atoms with Crippen LogP contribution in [0.5, 0.6) is 0 Å². The van der Waals surface area contributed by atoms with Crippen LogP contribution in [0.3, 0.4) is 0 Å². The number of thiophene rings is 1. The van der Waals surface area contributed by atoms with Crippen molar-refractivity contribution in [2.45, 2.75) is 55.6 Å². The number of anilines is 2. The van der Waals surface area contributed by atoms with Crippen LogP contribution in [0.4, 0.5) is 10.7 Å². The van der Waals surface area contributed by atoms with Crippen LogP contribution >= 0.6 is 23.1 Å². The number of thioether (sulfide) groups is 1. The van der Waals surface area contributed by atoms with Crippen molar-refractivity contribution < 1.29 is 19.1 Å². The fourth-order valence-corrected chi connectivity index (χ4v) is 7.68. The largest absolute Gasteiger partial charge is 0.462 e. The van der Waals surface area contributed by atoms with Crippen molar-refractivity contribution in [3.63, 3.8) is 0 Å². The van der Waals surface area contributed by atoms with Crippen LogP contribution in [-0.2, 0) is 27.2 Å². The summed E-state index contributed by atoms with van der Waals surface area (Å²) in [7, 11) is 0. The van der Waals surface area contributed by atoms with E-state index in [2.05, 4.69) is 34.9 Å². The van der Waals surface area contributed by atoms with Crippen molar-refractivity contribution >= 4 is 57.6 Å². The molecule has 1 aliphatic carbocycles. The van der Waals surface area contributed by atoms with Crippen LogP contribution in [0.1, 0.15) is 64.5 Å². The van der Waals surface area contributed by atoms with Gasteiger partial charge < -0.3 is 15.4 Å². The first-order valence-electron chi connectivity index (χ1n) is 14.9. The van der Waals surface area contributed by atoms with Crippen LogP contribution < -0.4 is 10.6 Å². The first-order valence-corrected chi connectivity index (χ1v) is 16.6. The number of hydrogen-bond donors (Lipinski definition) is 2. The minimum atomic E-state index is -0.398. The van der Waals surface area contributed by atoms with E-state index < -0.39 is 5.25 Å². The lowest BCUT2D eigenvalue weighted by Gasteiger charge is -2.23. The van der Waals surface area contributed by atoms with Crippen molar-refractivity contribution in [2.24, 2.45) is 0 Å². The summed E-state index contributed by atoms with van der Waals surface area (Å²) in [5.41, 5.74) is 4.39. The van der Waals surface area contributed by atoms with Crippen molar-refractivity contribution in [3.8, 4) is 0 Å². The maximum Gasteiger partial charge on any atom is 0.341 e. The van der Waals surface area contributed by atoms with Crippen molar-refractivity contribution in [2.75, 3.05) is 17.2 Å². The number of nitrogens with one attached hydrogen (secondary N) is 2. The number of fused-ring (bicyclic) bond motifs is 1. The molecule has 2 N–H and O–H groups in total. The Morgan fingerprint density at radius 3 is 2.45 bits per heavy atom. The van der Waals surface area contributed by atoms with E-state index in [1.54, 1.807) is 13.0 Å². The number of carbonyl (C=O) groups excluding carboxylic acids is 3. The maximum absolute atomic E-state index is 13.6. The Bertz CT molecular complexity index is 1630. The zero-order chi connectivity index (χ0) is 30.9. The van der Waals surface area contributed by atoms with Gasteiger partial charge in [0, 0.05) is 21.5 Å². The third-order valence-corrected chi connectivity index (χ3v) is 10.1. The molecule has 8 heteroatoms. The first kappa shape index (κ1) is 31.3. The van der Waals surface area contributed by atoms with Gasteiger partial charge in [-0.05, 0) is 79.5 Å². The standard InChI is InChI=1S/C36H36N2O4S2/c1-3-30(43-28-17-11-16-27(23-28)37-32(39)21-18-24-12-7-5-8-13-24)34(40)38-35-33(36(41)42-4-2)29-20-19-26(22-31(29)44-35)25-14-9-6-10-15-25/h5-18,21,23,26,30H,3-4,19-20,22H2,1-2H3,(H,37,39)(H,38,40)/b21-18+. The van der Waals surface area contributed by atoms with Gasteiger partial charge in [0.2, 0.25) is 11.8 Å². The lowest BCUT2D eigenvalue weighted by atomic mass is 9.83. The van der Waals surface area contributed by atoms with Crippen LogP contribution in [-0.4, -0.2) is 29.6 Å². The third-order valence-electron chi connectivity index (χ3n) is 7.52. The average Bonchev–Trinajstić information content (AvgIpc) is 3.41. The highest BCUT2D eigenvalue weighted by Crippen LogP contribution is 2.43. The molecule has 0 aliphatic heterocycles. The number of rotatable bonds is 11. The van der Waals surface area contributed by atoms with Gasteiger partial charge in [-0.15, -0.1) is 23.1 Å². The molecule has 4 aromatic rings. The SMILES string of the molecule is CCOC(=O)c1c(NC(=O)C(CC)Sc2cccc(NC(=O)/C=C/c3ccccc3)c2)sc2c1CCC(c1ccccc1)C2. The molecule has 0 saturated carbocycles. The summed E-state index contributed by atoms with van der Waals surface area (Å²) in [6, 6.07) is 27.6. The Labute approximate surface area is 266 Å². The molecule has 226 valence electrons. The molecule has 2 amide bonds. The van der Waals surface area contributed by atoms with Gasteiger partial charge in [-0.1, -0.05) is 73.7 Å². The summed E-state index contributed by atoms with van der Waals surface area (Å²) in [4.78, 5) is 41.2. The van der Waals surface area contributed by atoms with Crippen LogP contribution in [0.15, 0.2) is 95.9 Å². The Hall–Kier alpha value is -4.14. The van der Waals surface area contributed by atoms with E-state index in [4.69, 9.17) is 4.74 Å². The van der Waals surface area contributed by atoms with E-state index in [1.807, 2.05) is 67.6 Å². The number of ether oxygens (including phenoxy) is 1. The summed E-state index contributed by atoms with van der Waals surface area (Å²) >= 11 is 2.93. The summed E-state index contributed by atoms with van der Waals surface area (Å²) in [5, 5.41) is 6.16. The van der Waals surface area contributed by atoms with Gasteiger partial charge in [0.25, 0.3) is 0 Å². The van der Waals surface area contributed by atoms with Gasteiger partial charge in [0.05, 0.1) is 17.4 Å². The predicted molar refractivity (Wildman–Crippen MR) is 181 cm³/mol. The topological polar surface area (TPSA) is 84.5 Å². The van der Waals surface area contributed by atoms with Crippen molar-refractivity contribution in [1.82, 2.24) is 0 Å². The Morgan fingerprint density at radius 1 is 0.977 bits per heavy atom. The molecule has 1 aliphatic rings. The molecule has 0 bridgehead atoms. The molecular weight excluding hydrogens is 589 g/mol. The molecule has 0 spiro atoms. The summed E-state index contributed by atoms with van der Waals surface area (Å²) in [5.74, 6) is -0.407. The molecular formula is C36H36N2O4S2. The van der Waals surface area contributed by atoms with E-state index in [-0.39, 0.29) is 24.4 Å². The minimum absolute atomic E-state index is 0.165. The highest BCUT2D eigenvalue weighted by molar-refractivity contribution is 8.00. The predicted octanol–water partition coefficient (Wildman–Crippen LogP) is 8.36. The summed E-state index contributed by atoms with van der Waals surface area (Å²) in [6.45, 7) is 4.03. The monoisotopic (exact) mass is 624 g/mol. The van der Waals surface area contributed by atoms with Gasteiger partial charge in [-0.2, -0.15) is 0 Å². The summed E-state index contributed by atoms with van der Waals surface area (Å²) < 4.78 is 5.43. The fourth-order valence-electron chi connectivity index (χ4n) is 5.35. The smallest absolute Gasteiger partial charge is 0.341 e. The van der Waals surface area contributed by atoms with E-state index in [1.165, 1.54) is 34.7 Å². The van der Waals surface area contributed by atoms with E-state index in [9.17, 15) is 14.4 Å². The Balaban J connectivity index is 1.28. The first-order chi connectivity index (χ1) is 21.4. The van der Waals surface area contributed by atoms with Gasteiger partial charge in [-0.25, -0.2) is 4.79 Å². The van der Waals surface area contributed by atoms with Crippen LogP contribution in [0.2, 0.25) is 0 Å². The minimum Gasteiger partial charge on any atom is -0.462 e. The van der Waals surface area contributed by atoms with E-state index in [0.717, 1.165) is 40.2 Å². The second kappa shape index (κ2) is 15.0. The van der Waals surface area contributed by atoms with Gasteiger partial charge >= 0.3 is 5.97 Å². The van der Waals surface area contributed by atoms with Gasteiger partial charge in [-0.3, -0.25) is 9.59 Å². The zero-order valence-corrected chi connectivity index (χ0v) is 26.5. The second-order valence-electron chi connectivity index (χ2n) is 10.5. The molecule has 2 unspecified atom stereocenters. The molecule has 44 heavy (non-hydrogen) atoms. The molecule has 3 aromatic carbocycles. The van der Waals surface area contributed by atoms with E-state index in [0.29, 0.717) is 28.6 Å². The number of hydrogen-bond acceptors (Lipinski definition) is 6. The fraction of sp³-hybridized carbons (Fsp3) is 0.250. The Kier molecular flexibility index (Phi) is 10.7. The number of benzene rings is 3. The average molecular weight is 625 g/mol. The molecule has 5 rings (SSSR count). The lowest BCUT2D eigenvalue weighted by molar-refractivity contribution is -0.115. The normalized spacial score (nSPS) is 14.9. The molecule has 1 aromatic heterocycles. The van der Waals surface area contributed by atoms with Crippen LogP contribution in [0, 0.1) is 0 Å². The lowest BCUT2D eigenvalue weighted by Crippen LogP contribution is -2.25. The summed E-state index contributed by atoms with van der Waals surface area (Å²) in [6.07, 6.45) is 6.39. The molecule has 0 saturated heterocycles. The van der Waals surface area contributed by atoms with Crippen molar-refractivity contribution in [1.29, 1.82) is 0 Å². The second-order valence-corrected chi connectivity index (χ2v) is 12.9. The van der Waals surface area contributed by atoms with Crippen LogP contribution in [0.25, 0.3) is 6.08 Å².